The van der Waals surface area contributed by atoms with Gasteiger partial charge in [0.25, 0.3) is 5.91 Å². The predicted octanol–water partition coefficient (Wildman–Crippen LogP) is 2.30. The molecular formula is C20H25N5O2. The van der Waals surface area contributed by atoms with Gasteiger partial charge in [-0.25, -0.2) is 4.98 Å². The first-order valence-electron chi connectivity index (χ1n) is 9.64. The molecule has 2 saturated carbocycles. The Morgan fingerprint density at radius 1 is 1.26 bits per heavy atom. The maximum absolute atomic E-state index is 12.7. The number of anilines is 1. The van der Waals surface area contributed by atoms with E-state index < -0.39 is 0 Å². The molecule has 0 aromatic carbocycles. The molecule has 0 radical (unpaired) electrons. The van der Waals surface area contributed by atoms with Crippen molar-refractivity contribution in [2.24, 2.45) is 18.9 Å². The van der Waals surface area contributed by atoms with E-state index in [0.717, 1.165) is 38.5 Å². The highest BCUT2D eigenvalue weighted by Gasteiger charge is 2.31. The van der Waals surface area contributed by atoms with Crippen LogP contribution in [-0.4, -0.2) is 32.6 Å². The number of carbonyl (C=O) groups is 2. The number of nitrogens with zero attached hydrogens (tertiary/aromatic N) is 3. The number of pyridine rings is 1. The first kappa shape index (κ1) is 17.7. The lowest BCUT2D eigenvalue weighted by atomic mass is 9.96. The molecular weight excluding hydrogens is 342 g/mol. The molecule has 4 rings (SSSR count). The van der Waals surface area contributed by atoms with Crippen LogP contribution in [0.3, 0.4) is 0 Å². The molecule has 0 saturated heterocycles. The van der Waals surface area contributed by atoms with Crippen molar-refractivity contribution in [1.29, 1.82) is 0 Å². The van der Waals surface area contributed by atoms with Crippen LogP contribution in [0.15, 0.2) is 30.7 Å². The number of aromatic nitrogens is 3. The molecule has 7 nitrogen and oxygen atoms in total. The fourth-order valence-electron chi connectivity index (χ4n) is 3.82. The largest absolute Gasteiger partial charge is 0.349 e. The minimum Gasteiger partial charge on any atom is -0.349 e. The van der Waals surface area contributed by atoms with Crippen LogP contribution in [0.4, 0.5) is 5.82 Å². The molecule has 0 spiro atoms. The summed E-state index contributed by atoms with van der Waals surface area (Å²) in [5, 5.41) is 10.2. The van der Waals surface area contributed by atoms with Gasteiger partial charge in [-0.3, -0.25) is 14.3 Å². The van der Waals surface area contributed by atoms with Crippen molar-refractivity contribution in [2.75, 3.05) is 5.32 Å². The third kappa shape index (κ3) is 4.35. The van der Waals surface area contributed by atoms with Crippen LogP contribution >= 0.6 is 0 Å². The monoisotopic (exact) mass is 367 g/mol. The Bertz CT molecular complexity index is 842. The van der Waals surface area contributed by atoms with Crippen LogP contribution in [0.5, 0.6) is 0 Å². The number of hydrogen-bond acceptors (Lipinski definition) is 4. The highest BCUT2D eigenvalue weighted by Crippen LogP contribution is 2.30. The first-order valence-corrected chi connectivity index (χ1v) is 9.64. The van der Waals surface area contributed by atoms with Gasteiger partial charge in [0.2, 0.25) is 5.91 Å². The Labute approximate surface area is 158 Å². The van der Waals surface area contributed by atoms with Crippen LogP contribution in [0.25, 0.3) is 0 Å². The van der Waals surface area contributed by atoms with E-state index in [4.69, 9.17) is 0 Å². The number of carbonyl (C=O) groups excluding carboxylic acids is 2. The maximum atomic E-state index is 12.7. The molecule has 142 valence electrons. The van der Waals surface area contributed by atoms with Crippen LogP contribution in [0, 0.1) is 11.8 Å². The fourth-order valence-corrected chi connectivity index (χ4v) is 3.82. The standard InChI is InChI=1S/C20H25N5O2/c1-25-12-13(11-22-25)9-15-3-2-4-17(15)23-20(27)16-7-8-21-18(10-16)24-19(26)14-5-6-14/h7-8,10-12,14-15,17H,2-6,9H2,1H3,(H,23,27)(H,21,24,26). The van der Waals surface area contributed by atoms with Gasteiger partial charge >= 0.3 is 0 Å². The lowest BCUT2D eigenvalue weighted by molar-refractivity contribution is -0.117. The minimum atomic E-state index is -0.109. The molecule has 27 heavy (non-hydrogen) atoms. The van der Waals surface area contributed by atoms with Gasteiger partial charge in [0.1, 0.15) is 5.82 Å². The molecule has 7 heteroatoms. The molecule has 2 amide bonds. The van der Waals surface area contributed by atoms with Crippen molar-refractivity contribution in [1.82, 2.24) is 20.1 Å². The fraction of sp³-hybridized carbons (Fsp3) is 0.500. The molecule has 2 aromatic heterocycles. The zero-order chi connectivity index (χ0) is 18.8. The van der Waals surface area contributed by atoms with E-state index >= 15 is 0 Å². The van der Waals surface area contributed by atoms with Crippen molar-refractivity contribution in [3.05, 3.63) is 41.9 Å². The first-order chi connectivity index (χ1) is 13.1. The van der Waals surface area contributed by atoms with Crippen LogP contribution in [-0.2, 0) is 18.3 Å². The third-order valence-electron chi connectivity index (χ3n) is 5.45. The van der Waals surface area contributed by atoms with Crippen molar-refractivity contribution in [2.45, 2.75) is 44.6 Å². The van der Waals surface area contributed by atoms with E-state index in [-0.39, 0.29) is 23.8 Å². The Hall–Kier alpha value is -2.70. The topological polar surface area (TPSA) is 88.9 Å². The summed E-state index contributed by atoms with van der Waals surface area (Å²) < 4.78 is 1.81. The van der Waals surface area contributed by atoms with Crippen LogP contribution < -0.4 is 10.6 Å². The lowest BCUT2D eigenvalue weighted by Crippen LogP contribution is -2.38. The molecule has 2 unspecified atom stereocenters. The summed E-state index contributed by atoms with van der Waals surface area (Å²) >= 11 is 0. The summed E-state index contributed by atoms with van der Waals surface area (Å²) in [5.74, 6) is 0.859. The average Bonchev–Trinajstić information content (AvgIpc) is 3.31. The van der Waals surface area contributed by atoms with Gasteiger partial charge < -0.3 is 10.6 Å². The molecule has 2 aliphatic rings. The summed E-state index contributed by atoms with van der Waals surface area (Å²) in [6.07, 6.45) is 11.5. The van der Waals surface area contributed by atoms with Gasteiger partial charge in [-0.1, -0.05) is 6.42 Å². The molecule has 2 aliphatic carbocycles. The van der Waals surface area contributed by atoms with E-state index in [1.54, 1.807) is 18.3 Å². The van der Waals surface area contributed by atoms with Crippen molar-refractivity contribution in [3.8, 4) is 0 Å². The molecule has 2 N–H and O–H groups in total. The van der Waals surface area contributed by atoms with E-state index in [1.807, 2.05) is 24.1 Å². The number of amides is 2. The van der Waals surface area contributed by atoms with Crippen LogP contribution in [0.1, 0.15) is 48.0 Å². The summed E-state index contributed by atoms with van der Waals surface area (Å²) in [5.41, 5.74) is 1.74. The van der Waals surface area contributed by atoms with Crippen molar-refractivity contribution >= 4 is 17.6 Å². The Morgan fingerprint density at radius 2 is 2.11 bits per heavy atom. The van der Waals surface area contributed by atoms with Gasteiger partial charge in [0.05, 0.1) is 6.20 Å². The Kier molecular flexibility index (Phi) is 4.92. The van der Waals surface area contributed by atoms with Gasteiger partial charge in [0, 0.05) is 37.0 Å². The zero-order valence-corrected chi connectivity index (χ0v) is 15.5. The summed E-state index contributed by atoms with van der Waals surface area (Å²) in [6.45, 7) is 0. The lowest BCUT2D eigenvalue weighted by Gasteiger charge is -2.20. The maximum Gasteiger partial charge on any atom is 0.251 e. The van der Waals surface area contributed by atoms with E-state index in [9.17, 15) is 9.59 Å². The molecule has 0 bridgehead atoms. The number of aryl methyl sites for hydroxylation is 1. The second-order valence-corrected chi connectivity index (χ2v) is 7.69. The highest BCUT2D eigenvalue weighted by atomic mass is 16.2. The predicted molar refractivity (Wildman–Crippen MR) is 101 cm³/mol. The molecule has 0 aliphatic heterocycles. The van der Waals surface area contributed by atoms with Gasteiger partial charge in [-0.05, 0) is 55.7 Å². The number of hydrogen-bond donors (Lipinski definition) is 2. The van der Waals surface area contributed by atoms with Crippen LogP contribution in [0.2, 0.25) is 0 Å². The number of nitrogens with one attached hydrogen (secondary N) is 2. The summed E-state index contributed by atoms with van der Waals surface area (Å²) in [6, 6.07) is 3.50. The highest BCUT2D eigenvalue weighted by molar-refractivity contribution is 5.97. The smallest absolute Gasteiger partial charge is 0.251 e. The van der Waals surface area contributed by atoms with Gasteiger partial charge in [-0.15, -0.1) is 0 Å². The van der Waals surface area contributed by atoms with E-state index in [0.29, 0.717) is 17.3 Å². The van der Waals surface area contributed by atoms with Gasteiger partial charge in [0.15, 0.2) is 0 Å². The Morgan fingerprint density at radius 3 is 2.85 bits per heavy atom. The summed E-state index contributed by atoms with van der Waals surface area (Å²) in [7, 11) is 1.92. The van der Waals surface area contributed by atoms with E-state index in [2.05, 4.69) is 20.7 Å². The molecule has 2 heterocycles. The Balaban J connectivity index is 1.38. The van der Waals surface area contributed by atoms with Crippen molar-refractivity contribution in [3.63, 3.8) is 0 Å². The minimum absolute atomic E-state index is 0.00705. The SMILES string of the molecule is Cn1cc(CC2CCCC2NC(=O)c2ccnc(NC(=O)C3CC3)c2)cn1. The quantitative estimate of drug-likeness (QED) is 0.820. The molecule has 2 fully saturated rings. The average molecular weight is 367 g/mol. The zero-order valence-electron chi connectivity index (χ0n) is 15.5. The third-order valence-corrected chi connectivity index (χ3v) is 5.45. The van der Waals surface area contributed by atoms with E-state index in [1.165, 1.54) is 5.56 Å². The van der Waals surface area contributed by atoms with Gasteiger partial charge in [-0.2, -0.15) is 5.10 Å². The number of rotatable bonds is 6. The second kappa shape index (κ2) is 7.50. The molecule has 2 atom stereocenters. The van der Waals surface area contributed by atoms with Crippen molar-refractivity contribution < 1.29 is 9.59 Å². The second-order valence-electron chi connectivity index (χ2n) is 7.69. The normalized spacial score (nSPS) is 21.8. The summed E-state index contributed by atoms with van der Waals surface area (Å²) in [4.78, 5) is 28.8. The molecule has 2 aromatic rings.